The molecule has 0 unspecified atom stereocenters. The molecule has 1 aromatic carbocycles. The number of halogens is 1. The van der Waals surface area contributed by atoms with Crippen LogP contribution in [0.1, 0.15) is 5.56 Å². The van der Waals surface area contributed by atoms with Crippen LogP contribution in [0, 0.1) is 0 Å². The van der Waals surface area contributed by atoms with Crippen LogP contribution in [-0.4, -0.2) is 19.1 Å². The summed E-state index contributed by atoms with van der Waals surface area (Å²) in [5.74, 6) is 0.458. The number of ether oxygens (including phenoxy) is 1. The van der Waals surface area contributed by atoms with E-state index >= 15 is 0 Å². The van der Waals surface area contributed by atoms with Crippen LogP contribution < -0.4 is 4.84 Å². The Morgan fingerprint density at radius 2 is 2.14 bits per heavy atom. The molecular weight excluding hydrogens is 204 g/mol. The predicted molar refractivity (Wildman–Crippen MR) is 54.4 cm³/mol. The summed E-state index contributed by atoms with van der Waals surface area (Å²) in [5.41, 5.74) is 1.54. The van der Waals surface area contributed by atoms with Crippen LogP contribution in [0.15, 0.2) is 29.4 Å². The molecule has 5 heteroatoms. The van der Waals surface area contributed by atoms with Crippen LogP contribution in [0.4, 0.5) is 5.69 Å². The maximum Gasteiger partial charge on any atom is 0.259 e. The molecule has 0 aliphatic carbocycles. The van der Waals surface area contributed by atoms with Gasteiger partial charge in [-0.25, -0.2) is 0 Å². The van der Waals surface area contributed by atoms with Gasteiger partial charge in [0.05, 0.1) is 11.3 Å². The molecule has 1 aromatic rings. The summed E-state index contributed by atoms with van der Waals surface area (Å²) in [5, 5.41) is 3.80. The number of hydrogen-bond acceptors (Lipinski definition) is 4. The molecule has 0 aromatic heterocycles. The minimum absolute atomic E-state index is 0.458. The van der Waals surface area contributed by atoms with Crippen molar-refractivity contribution < 1.29 is 9.57 Å². The van der Waals surface area contributed by atoms with Gasteiger partial charge in [0.1, 0.15) is 6.61 Å². The summed E-state index contributed by atoms with van der Waals surface area (Å²) in [6, 6.07) is 7.45. The third kappa shape index (κ3) is 1.75. The Balaban J connectivity index is 2.34. The molecule has 0 saturated heterocycles. The number of para-hydroxylation sites is 1. The average Bonchev–Trinajstić information content (AvgIpc) is 2.30. The van der Waals surface area contributed by atoms with Crippen molar-refractivity contribution in [2.24, 2.45) is 5.16 Å². The lowest BCUT2D eigenvalue weighted by atomic mass is 10.2. The van der Waals surface area contributed by atoms with Gasteiger partial charge in [0.25, 0.3) is 5.90 Å². The van der Waals surface area contributed by atoms with Gasteiger partial charge in [-0.2, -0.15) is 0 Å². The Morgan fingerprint density at radius 3 is 2.86 bits per heavy atom. The largest absolute Gasteiger partial charge is 0.471 e. The van der Waals surface area contributed by atoms with Crippen molar-refractivity contribution >= 4 is 23.4 Å². The van der Waals surface area contributed by atoms with E-state index in [4.69, 9.17) is 21.4 Å². The van der Waals surface area contributed by atoms with Gasteiger partial charge in [-0.1, -0.05) is 12.1 Å². The first kappa shape index (κ1) is 9.15. The SMILES string of the molecule is ClNc1ccccc1C1=NOCCO1. The van der Waals surface area contributed by atoms with Gasteiger partial charge < -0.3 is 9.57 Å². The van der Waals surface area contributed by atoms with E-state index in [0.29, 0.717) is 19.1 Å². The van der Waals surface area contributed by atoms with Crippen LogP contribution in [0.25, 0.3) is 0 Å². The highest BCUT2D eigenvalue weighted by Gasteiger charge is 2.13. The van der Waals surface area contributed by atoms with Crippen molar-refractivity contribution in [3.63, 3.8) is 0 Å². The lowest BCUT2D eigenvalue weighted by molar-refractivity contribution is 0.0656. The highest BCUT2D eigenvalue weighted by Crippen LogP contribution is 2.18. The summed E-state index contributed by atoms with van der Waals surface area (Å²) >= 11 is 5.55. The van der Waals surface area contributed by atoms with Crippen molar-refractivity contribution in [3.05, 3.63) is 29.8 Å². The van der Waals surface area contributed by atoms with Crippen LogP contribution in [0.5, 0.6) is 0 Å². The van der Waals surface area contributed by atoms with E-state index in [-0.39, 0.29) is 0 Å². The van der Waals surface area contributed by atoms with Gasteiger partial charge >= 0.3 is 0 Å². The molecule has 0 fully saturated rings. The van der Waals surface area contributed by atoms with Crippen LogP contribution in [0.2, 0.25) is 0 Å². The molecular formula is C9H9ClN2O2. The van der Waals surface area contributed by atoms with Crippen molar-refractivity contribution in [1.29, 1.82) is 0 Å². The first-order valence-electron chi connectivity index (χ1n) is 4.20. The zero-order valence-electron chi connectivity index (χ0n) is 7.37. The van der Waals surface area contributed by atoms with E-state index in [1.807, 2.05) is 24.3 Å². The van der Waals surface area contributed by atoms with E-state index in [0.717, 1.165) is 11.3 Å². The average molecular weight is 213 g/mol. The zero-order chi connectivity index (χ0) is 9.80. The Kier molecular flexibility index (Phi) is 2.74. The highest BCUT2D eigenvalue weighted by molar-refractivity contribution is 6.25. The Morgan fingerprint density at radius 1 is 1.29 bits per heavy atom. The molecule has 0 amide bonds. The molecule has 4 nitrogen and oxygen atoms in total. The van der Waals surface area contributed by atoms with Gasteiger partial charge in [0, 0.05) is 11.8 Å². The zero-order valence-corrected chi connectivity index (χ0v) is 8.12. The van der Waals surface area contributed by atoms with E-state index in [9.17, 15) is 0 Å². The monoisotopic (exact) mass is 212 g/mol. The number of anilines is 1. The van der Waals surface area contributed by atoms with Crippen LogP contribution in [-0.2, 0) is 9.57 Å². The van der Waals surface area contributed by atoms with Gasteiger partial charge in [-0.3, -0.25) is 4.84 Å². The molecule has 1 N–H and O–H groups in total. The van der Waals surface area contributed by atoms with Gasteiger partial charge in [0.15, 0.2) is 6.61 Å². The molecule has 1 aliphatic rings. The summed E-state index contributed by atoms with van der Waals surface area (Å²) < 4.78 is 5.33. The lowest BCUT2D eigenvalue weighted by Crippen LogP contribution is -2.17. The number of oxime groups is 1. The fourth-order valence-corrected chi connectivity index (χ4v) is 1.35. The second-order valence-electron chi connectivity index (χ2n) is 2.72. The normalized spacial score (nSPS) is 15.1. The van der Waals surface area contributed by atoms with Crippen LogP contribution >= 0.6 is 11.8 Å². The van der Waals surface area contributed by atoms with E-state index in [1.165, 1.54) is 0 Å². The topological polar surface area (TPSA) is 42.9 Å². The second kappa shape index (κ2) is 4.19. The van der Waals surface area contributed by atoms with E-state index < -0.39 is 0 Å². The first-order valence-corrected chi connectivity index (χ1v) is 4.58. The molecule has 0 saturated carbocycles. The fraction of sp³-hybridized carbons (Fsp3) is 0.222. The van der Waals surface area contributed by atoms with E-state index in [1.54, 1.807) is 0 Å². The maximum absolute atomic E-state index is 5.55. The lowest BCUT2D eigenvalue weighted by Gasteiger charge is -2.15. The summed E-state index contributed by atoms with van der Waals surface area (Å²) in [4.78, 5) is 7.48. The van der Waals surface area contributed by atoms with Gasteiger partial charge in [-0.15, -0.1) is 0 Å². The van der Waals surface area contributed by atoms with E-state index in [2.05, 4.69) is 9.99 Å². The summed E-state index contributed by atoms with van der Waals surface area (Å²) in [7, 11) is 0. The maximum atomic E-state index is 5.55. The first-order chi connectivity index (χ1) is 6.92. The molecule has 0 radical (unpaired) electrons. The predicted octanol–water partition coefficient (Wildman–Crippen LogP) is 1.96. The number of hydrogen-bond donors (Lipinski definition) is 1. The number of benzene rings is 1. The third-order valence-electron chi connectivity index (χ3n) is 1.82. The molecule has 74 valence electrons. The van der Waals surface area contributed by atoms with Crippen molar-refractivity contribution in [3.8, 4) is 0 Å². The Hall–Kier alpha value is -1.42. The minimum Gasteiger partial charge on any atom is -0.471 e. The fourth-order valence-electron chi connectivity index (χ4n) is 1.19. The van der Waals surface area contributed by atoms with Crippen LogP contribution in [0.3, 0.4) is 0 Å². The summed E-state index contributed by atoms with van der Waals surface area (Å²) in [6.07, 6.45) is 0. The molecule has 2 rings (SSSR count). The van der Waals surface area contributed by atoms with Crippen molar-refractivity contribution in [1.82, 2.24) is 0 Å². The third-order valence-corrected chi connectivity index (χ3v) is 2.02. The molecule has 1 aliphatic heterocycles. The number of nitrogens with zero attached hydrogens (tertiary/aromatic N) is 1. The van der Waals surface area contributed by atoms with Crippen molar-refractivity contribution in [2.45, 2.75) is 0 Å². The van der Waals surface area contributed by atoms with Gasteiger partial charge in [0.2, 0.25) is 0 Å². The Labute approximate surface area is 86.6 Å². The summed E-state index contributed by atoms with van der Waals surface area (Å²) in [6.45, 7) is 0.995. The smallest absolute Gasteiger partial charge is 0.259 e. The minimum atomic E-state index is 0.458. The quantitative estimate of drug-likeness (QED) is 0.763. The van der Waals surface area contributed by atoms with Crippen molar-refractivity contribution in [2.75, 3.05) is 18.0 Å². The standard InChI is InChI=1S/C9H9ClN2O2/c10-11-8-4-2-1-3-7(8)9-12-14-6-5-13-9/h1-4,11H,5-6H2. The van der Waals surface area contributed by atoms with Gasteiger partial charge in [-0.05, 0) is 17.3 Å². The molecule has 14 heavy (non-hydrogen) atoms. The Bertz CT molecular complexity index is 354. The number of nitrogens with one attached hydrogen (secondary N) is 1. The second-order valence-corrected chi connectivity index (χ2v) is 2.91. The molecule has 0 atom stereocenters. The molecule has 0 bridgehead atoms. The highest BCUT2D eigenvalue weighted by atomic mass is 35.5. The molecule has 0 spiro atoms. The molecule has 1 heterocycles. The number of rotatable bonds is 2.